The molecule has 2 atom stereocenters. The summed E-state index contributed by atoms with van der Waals surface area (Å²) in [5.74, 6) is -1.26. The summed E-state index contributed by atoms with van der Waals surface area (Å²) in [6.07, 6.45) is 1.19. The topological polar surface area (TPSA) is 95.9 Å². The molecule has 4 rings (SSSR count). The van der Waals surface area contributed by atoms with Crippen LogP contribution in [0.2, 0.25) is 0 Å². The lowest BCUT2D eigenvalue weighted by atomic mass is 9.98. The second-order valence-corrected chi connectivity index (χ2v) is 8.36. The summed E-state index contributed by atoms with van der Waals surface area (Å²) in [6, 6.07) is 15.1. The summed E-state index contributed by atoms with van der Waals surface area (Å²) < 4.78 is 5.57. The van der Waals surface area contributed by atoms with Crippen molar-refractivity contribution >= 4 is 18.0 Å². The summed E-state index contributed by atoms with van der Waals surface area (Å²) in [5, 5.41) is 12.1. The third-order valence-electron chi connectivity index (χ3n) is 6.44. The SMILES string of the molecule is CC[C@H](CC(=O)N1CCCC1C(=O)O)NC(=O)OCC1c2ccccc2-c2ccccc21. The van der Waals surface area contributed by atoms with Gasteiger partial charge in [-0.3, -0.25) is 4.79 Å². The maximum Gasteiger partial charge on any atom is 0.407 e. The molecule has 7 nitrogen and oxygen atoms in total. The molecule has 0 aromatic heterocycles. The normalized spacial score (nSPS) is 18.0. The van der Waals surface area contributed by atoms with Gasteiger partial charge in [-0.25, -0.2) is 9.59 Å². The number of fused-ring (bicyclic) bond motifs is 3. The van der Waals surface area contributed by atoms with E-state index in [0.29, 0.717) is 25.8 Å². The van der Waals surface area contributed by atoms with Gasteiger partial charge >= 0.3 is 12.1 Å². The maximum absolute atomic E-state index is 12.6. The lowest BCUT2D eigenvalue weighted by Gasteiger charge is -2.24. The van der Waals surface area contributed by atoms with Gasteiger partial charge in [0.25, 0.3) is 0 Å². The van der Waals surface area contributed by atoms with Gasteiger partial charge in [0.15, 0.2) is 0 Å². The maximum atomic E-state index is 12.6. The number of nitrogens with zero attached hydrogens (tertiary/aromatic N) is 1. The summed E-state index contributed by atoms with van der Waals surface area (Å²) in [6.45, 7) is 2.52. The zero-order valence-electron chi connectivity index (χ0n) is 18.1. The molecule has 1 saturated heterocycles. The number of hydrogen-bond acceptors (Lipinski definition) is 4. The molecule has 1 unspecified atom stereocenters. The molecule has 0 spiro atoms. The van der Waals surface area contributed by atoms with Crippen molar-refractivity contribution in [1.82, 2.24) is 10.2 Å². The summed E-state index contributed by atoms with van der Waals surface area (Å²) in [4.78, 5) is 37.9. The van der Waals surface area contributed by atoms with Gasteiger partial charge in [-0.05, 0) is 41.5 Å². The van der Waals surface area contributed by atoms with Crippen LogP contribution in [0.5, 0.6) is 0 Å². The number of carboxylic acids is 1. The monoisotopic (exact) mass is 436 g/mol. The average molecular weight is 437 g/mol. The minimum absolute atomic E-state index is 0.0317. The number of benzene rings is 2. The molecule has 168 valence electrons. The molecule has 2 amide bonds. The van der Waals surface area contributed by atoms with Crippen LogP contribution >= 0.6 is 0 Å². The number of hydrogen-bond donors (Lipinski definition) is 2. The lowest BCUT2D eigenvalue weighted by molar-refractivity contribution is -0.148. The van der Waals surface area contributed by atoms with Crippen LogP contribution in [0, 0.1) is 0 Å². The predicted molar refractivity (Wildman–Crippen MR) is 119 cm³/mol. The number of carboxylic acid groups (broad SMARTS) is 1. The zero-order valence-corrected chi connectivity index (χ0v) is 18.1. The van der Waals surface area contributed by atoms with Gasteiger partial charge in [0, 0.05) is 24.9 Å². The second-order valence-electron chi connectivity index (χ2n) is 8.36. The van der Waals surface area contributed by atoms with E-state index in [4.69, 9.17) is 4.74 Å². The highest BCUT2D eigenvalue weighted by Gasteiger charge is 2.35. The van der Waals surface area contributed by atoms with E-state index < -0.39 is 24.1 Å². The first-order chi connectivity index (χ1) is 15.5. The molecular weight excluding hydrogens is 408 g/mol. The summed E-state index contributed by atoms with van der Waals surface area (Å²) in [7, 11) is 0. The Kier molecular flexibility index (Phi) is 6.44. The molecule has 7 heteroatoms. The minimum Gasteiger partial charge on any atom is -0.480 e. The average Bonchev–Trinajstić information content (AvgIpc) is 3.41. The minimum atomic E-state index is -0.978. The fraction of sp³-hybridized carbons (Fsp3) is 0.400. The number of carbonyl (C=O) groups excluding carboxylic acids is 2. The van der Waals surface area contributed by atoms with E-state index in [-0.39, 0.29) is 24.9 Å². The first-order valence-electron chi connectivity index (χ1n) is 11.1. The van der Waals surface area contributed by atoms with Crippen molar-refractivity contribution in [2.45, 2.75) is 50.6 Å². The van der Waals surface area contributed by atoms with Crippen LogP contribution in [0.15, 0.2) is 48.5 Å². The fourth-order valence-corrected chi connectivity index (χ4v) is 4.75. The largest absolute Gasteiger partial charge is 0.480 e. The smallest absolute Gasteiger partial charge is 0.407 e. The van der Waals surface area contributed by atoms with Gasteiger partial charge in [-0.15, -0.1) is 0 Å². The molecule has 1 fully saturated rings. The third-order valence-corrected chi connectivity index (χ3v) is 6.44. The Morgan fingerprint density at radius 1 is 1.09 bits per heavy atom. The number of alkyl carbamates (subject to hydrolysis) is 1. The number of nitrogens with one attached hydrogen (secondary N) is 1. The zero-order chi connectivity index (χ0) is 22.7. The van der Waals surface area contributed by atoms with Gasteiger partial charge in [-0.2, -0.15) is 0 Å². The van der Waals surface area contributed by atoms with Crippen LogP contribution in [-0.4, -0.2) is 53.2 Å². The molecule has 0 bridgehead atoms. The highest BCUT2D eigenvalue weighted by atomic mass is 16.5. The molecule has 2 aromatic rings. The van der Waals surface area contributed by atoms with E-state index in [1.807, 2.05) is 31.2 Å². The van der Waals surface area contributed by atoms with Crippen LogP contribution in [0.3, 0.4) is 0 Å². The van der Waals surface area contributed by atoms with E-state index in [9.17, 15) is 19.5 Å². The Morgan fingerprint density at radius 2 is 1.72 bits per heavy atom. The van der Waals surface area contributed by atoms with E-state index in [1.165, 1.54) is 4.90 Å². The van der Waals surface area contributed by atoms with Crippen LogP contribution in [0.1, 0.15) is 49.7 Å². The molecule has 2 N–H and O–H groups in total. The number of rotatable bonds is 7. The van der Waals surface area contributed by atoms with Crippen molar-refractivity contribution in [1.29, 1.82) is 0 Å². The predicted octanol–water partition coefficient (Wildman–Crippen LogP) is 3.77. The molecule has 2 aliphatic rings. The molecule has 0 saturated carbocycles. The van der Waals surface area contributed by atoms with Crippen LogP contribution in [-0.2, 0) is 14.3 Å². The molecule has 1 aliphatic carbocycles. The van der Waals surface area contributed by atoms with Gasteiger partial charge in [-0.1, -0.05) is 55.5 Å². The molecule has 2 aromatic carbocycles. The second kappa shape index (κ2) is 9.42. The molecule has 32 heavy (non-hydrogen) atoms. The Balaban J connectivity index is 1.35. The molecule has 1 heterocycles. The molecular formula is C25H28N2O5. The van der Waals surface area contributed by atoms with Crippen LogP contribution in [0.25, 0.3) is 11.1 Å². The van der Waals surface area contributed by atoms with Crippen LogP contribution in [0.4, 0.5) is 4.79 Å². The Labute approximate surface area is 187 Å². The van der Waals surface area contributed by atoms with Crippen LogP contribution < -0.4 is 5.32 Å². The van der Waals surface area contributed by atoms with Gasteiger partial charge in [0.2, 0.25) is 5.91 Å². The summed E-state index contributed by atoms with van der Waals surface area (Å²) >= 11 is 0. The number of carbonyl (C=O) groups is 3. The number of amides is 2. The molecule has 1 aliphatic heterocycles. The van der Waals surface area contributed by atoms with Crippen molar-refractivity contribution < 1.29 is 24.2 Å². The standard InChI is InChI=1S/C25H28N2O5/c1-2-16(14-23(28)27-13-7-12-22(27)24(29)30)26-25(31)32-15-21-19-10-5-3-8-17(19)18-9-4-6-11-20(18)21/h3-6,8-11,16,21-22H,2,7,12-15H2,1H3,(H,26,31)(H,29,30)/t16-,22?/m1/s1. The number of aliphatic carboxylic acids is 1. The highest BCUT2D eigenvalue weighted by molar-refractivity contribution is 5.85. The number of ether oxygens (including phenoxy) is 1. The summed E-state index contributed by atoms with van der Waals surface area (Å²) in [5.41, 5.74) is 4.59. The molecule has 0 radical (unpaired) electrons. The van der Waals surface area contributed by atoms with E-state index in [0.717, 1.165) is 22.3 Å². The lowest BCUT2D eigenvalue weighted by Crippen LogP contribution is -2.44. The first kappa shape index (κ1) is 21.9. The Morgan fingerprint density at radius 3 is 2.31 bits per heavy atom. The van der Waals surface area contributed by atoms with E-state index >= 15 is 0 Å². The van der Waals surface area contributed by atoms with Gasteiger partial charge in [0.1, 0.15) is 12.6 Å². The van der Waals surface area contributed by atoms with Crippen molar-refractivity contribution in [3.8, 4) is 11.1 Å². The van der Waals surface area contributed by atoms with E-state index in [2.05, 4.69) is 29.6 Å². The Hall–Kier alpha value is -3.35. The first-order valence-corrected chi connectivity index (χ1v) is 11.1. The van der Waals surface area contributed by atoms with Crippen molar-refractivity contribution in [2.75, 3.05) is 13.2 Å². The van der Waals surface area contributed by atoms with Crippen molar-refractivity contribution in [3.05, 3.63) is 59.7 Å². The van der Waals surface area contributed by atoms with Crippen molar-refractivity contribution in [2.24, 2.45) is 0 Å². The highest BCUT2D eigenvalue weighted by Crippen LogP contribution is 2.44. The fourth-order valence-electron chi connectivity index (χ4n) is 4.75. The van der Waals surface area contributed by atoms with Gasteiger partial charge in [0.05, 0.1) is 0 Å². The third kappa shape index (κ3) is 4.33. The van der Waals surface area contributed by atoms with Crippen molar-refractivity contribution in [3.63, 3.8) is 0 Å². The Bertz CT molecular complexity index is 975. The number of likely N-dealkylation sites (tertiary alicyclic amines) is 1. The van der Waals surface area contributed by atoms with Gasteiger partial charge < -0.3 is 20.1 Å². The quantitative estimate of drug-likeness (QED) is 0.689. The van der Waals surface area contributed by atoms with E-state index in [1.54, 1.807) is 0 Å².